The number of ether oxygens (including phenoxy) is 1. The number of ketones is 1. The van der Waals surface area contributed by atoms with E-state index in [2.05, 4.69) is 4.98 Å². The molecule has 0 bridgehead atoms. The van der Waals surface area contributed by atoms with Crippen molar-refractivity contribution in [1.82, 2.24) is 14.1 Å². The van der Waals surface area contributed by atoms with Crippen molar-refractivity contribution >= 4 is 16.7 Å². The lowest BCUT2D eigenvalue weighted by atomic mass is 10.0. The number of hydrogen-bond donors (Lipinski definition) is 1. The summed E-state index contributed by atoms with van der Waals surface area (Å²) >= 11 is 0. The minimum atomic E-state index is -1.13. The van der Waals surface area contributed by atoms with Gasteiger partial charge in [-0.3, -0.25) is 14.2 Å². The minimum absolute atomic E-state index is 0.353. The minimum Gasteiger partial charge on any atom is -0.358 e. The van der Waals surface area contributed by atoms with Gasteiger partial charge in [0.15, 0.2) is 5.78 Å². The molecule has 7 nitrogen and oxygen atoms in total. The maximum Gasteiger partial charge on any atom is 0.333 e. The summed E-state index contributed by atoms with van der Waals surface area (Å²) in [5.74, 6) is -1.57. The van der Waals surface area contributed by atoms with E-state index in [0.717, 1.165) is 28.3 Å². The lowest BCUT2D eigenvalue weighted by Gasteiger charge is -2.15. The van der Waals surface area contributed by atoms with Crippen molar-refractivity contribution in [3.8, 4) is 11.3 Å². The van der Waals surface area contributed by atoms with Crippen LogP contribution in [0.15, 0.2) is 70.4 Å². The SMILES string of the molecule is O=C(Cn1c(=O)c(F)cn(C2CCCO2)c1=O)c1c(-c2ccccc2)[nH]c2ccccc12. The molecule has 0 radical (unpaired) electrons. The molecule has 2 aromatic heterocycles. The van der Waals surface area contributed by atoms with Gasteiger partial charge in [-0.2, -0.15) is 4.39 Å². The molecule has 1 atom stereocenters. The van der Waals surface area contributed by atoms with Gasteiger partial charge in [-0.15, -0.1) is 0 Å². The number of carbonyl (C=O) groups excluding carboxylic acids is 1. The topological polar surface area (TPSA) is 86.1 Å². The fourth-order valence-electron chi connectivity index (χ4n) is 4.19. The molecule has 3 heterocycles. The van der Waals surface area contributed by atoms with Crippen LogP contribution in [0.2, 0.25) is 0 Å². The van der Waals surface area contributed by atoms with Gasteiger partial charge in [0, 0.05) is 17.5 Å². The quantitative estimate of drug-likeness (QED) is 0.488. The van der Waals surface area contributed by atoms with Crippen LogP contribution in [-0.4, -0.2) is 26.5 Å². The second-order valence-corrected chi connectivity index (χ2v) is 7.74. The smallest absolute Gasteiger partial charge is 0.333 e. The highest BCUT2D eigenvalue weighted by molar-refractivity contribution is 6.13. The van der Waals surface area contributed by atoms with Crippen molar-refractivity contribution in [3.63, 3.8) is 0 Å². The molecular formula is C24H20FN3O4. The van der Waals surface area contributed by atoms with E-state index in [0.29, 0.717) is 34.2 Å². The second kappa shape index (κ2) is 8.05. The summed E-state index contributed by atoms with van der Waals surface area (Å²) in [5.41, 5.74) is 0.580. The number of rotatable bonds is 5. The van der Waals surface area contributed by atoms with Crippen molar-refractivity contribution in [3.05, 3.63) is 93.0 Å². The molecule has 5 rings (SSSR count). The van der Waals surface area contributed by atoms with E-state index in [1.165, 1.54) is 0 Å². The van der Waals surface area contributed by atoms with Crippen molar-refractivity contribution in [2.45, 2.75) is 25.6 Å². The molecule has 162 valence electrons. The van der Waals surface area contributed by atoms with Crippen molar-refractivity contribution in [2.75, 3.05) is 6.61 Å². The number of nitrogens with one attached hydrogen (secondary N) is 1. The Balaban J connectivity index is 1.63. The highest BCUT2D eigenvalue weighted by atomic mass is 19.1. The molecule has 0 aliphatic carbocycles. The van der Waals surface area contributed by atoms with Crippen LogP contribution in [0.5, 0.6) is 0 Å². The van der Waals surface area contributed by atoms with Crippen LogP contribution >= 0.6 is 0 Å². The predicted molar refractivity (Wildman–Crippen MR) is 117 cm³/mol. The van der Waals surface area contributed by atoms with E-state index < -0.39 is 35.6 Å². The van der Waals surface area contributed by atoms with Gasteiger partial charge in [0.1, 0.15) is 6.23 Å². The Hall–Kier alpha value is -3.78. The Labute approximate surface area is 181 Å². The maximum atomic E-state index is 14.4. The summed E-state index contributed by atoms with van der Waals surface area (Å²) in [6.07, 6.45) is 1.48. The number of benzene rings is 2. The molecule has 8 heteroatoms. The van der Waals surface area contributed by atoms with Crippen molar-refractivity contribution in [1.29, 1.82) is 0 Å². The summed E-state index contributed by atoms with van der Waals surface area (Å²) in [4.78, 5) is 42.1. The lowest BCUT2D eigenvalue weighted by molar-refractivity contribution is 0.0501. The Bertz CT molecular complexity index is 1430. The standard InChI is InChI=1S/C24H20FN3O4/c25-17-13-27(20-11-6-12-32-20)24(31)28(23(17)30)14-19(29)21-16-9-4-5-10-18(16)26-22(21)15-7-2-1-3-8-15/h1-5,7-10,13,20,26H,6,11-12,14H2. The number of halogens is 1. The number of Topliss-reactive ketones (excluding diaryl/α,β-unsaturated/α-hetero) is 1. The van der Waals surface area contributed by atoms with E-state index in [4.69, 9.17) is 4.74 Å². The molecule has 2 aromatic carbocycles. The van der Waals surface area contributed by atoms with E-state index >= 15 is 0 Å². The van der Waals surface area contributed by atoms with Gasteiger partial charge >= 0.3 is 5.69 Å². The molecule has 4 aromatic rings. The number of fused-ring (bicyclic) bond motifs is 1. The summed E-state index contributed by atoms with van der Waals surface area (Å²) in [7, 11) is 0. The molecule has 0 amide bonds. The number of aromatic nitrogens is 3. The number of aromatic amines is 1. The van der Waals surface area contributed by atoms with E-state index in [9.17, 15) is 18.8 Å². The first-order valence-electron chi connectivity index (χ1n) is 10.4. The van der Waals surface area contributed by atoms with Crippen LogP contribution < -0.4 is 11.2 Å². The fourth-order valence-corrected chi connectivity index (χ4v) is 4.19. The number of H-pyrrole nitrogens is 1. The third-order valence-electron chi connectivity index (χ3n) is 5.72. The molecule has 1 unspecified atom stereocenters. The summed E-state index contributed by atoms with van der Waals surface area (Å²) in [6, 6.07) is 16.6. The maximum absolute atomic E-state index is 14.4. The van der Waals surface area contributed by atoms with E-state index in [1.807, 2.05) is 42.5 Å². The fraction of sp³-hybridized carbons (Fsp3) is 0.208. The average Bonchev–Trinajstić information content (AvgIpc) is 3.48. The Morgan fingerprint density at radius 2 is 1.84 bits per heavy atom. The van der Waals surface area contributed by atoms with Gasteiger partial charge in [-0.05, 0) is 24.5 Å². The summed E-state index contributed by atoms with van der Waals surface area (Å²) in [6.45, 7) is -0.129. The number of hydrogen-bond acceptors (Lipinski definition) is 4. The van der Waals surface area contributed by atoms with Gasteiger partial charge in [-0.25, -0.2) is 9.36 Å². The Morgan fingerprint density at radius 3 is 2.59 bits per heavy atom. The molecule has 32 heavy (non-hydrogen) atoms. The second-order valence-electron chi connectivity index (χ2n) is 7.74. The van der Waals surface area contributed by atoms with Crippen LogP contribution in [-0.2, 0) is 11.3 Å². The molecule has 1 aliphatic rings. The number of nitrogens with zero attached hydrogens (tertiary/aromatic N) is 2. The van der Waals surface area contributed by atoms with Crippen LogP contribution in [0.25, 0.3) is 22.2 Å². The highest BCUT2D eigenvalue weighted by Gasteiger charge is 2.25. The van der Waals surface area contributed by atoms with Gasteiger partial charge in [0.25, 0.3) is 5.56 Å². The zero-order valence-electron chi connectivity index (χ0n) is 17.1. The highest BCUT2D eigenvalue weighted by Crippen LogP contribution is 2.31. The van der Waals surface area contributed by atoms with Gasteiger partial charge in [0.2, 0.25) is 5.82 Å². The first-order chi connectivity index (χ1) is 15.5. The molecule has 1 saturated heterocycles. The zero-order valence-corrected chi connectivity index (χ0v) is 17.1. The monoisotopic (exact) mass is 433 g/mol. The van der Waals surface area contributed by atoms with Gasteiger partial charge in [0.05, 0.1) is 24.0 Å². The number of para-hydroxylation sites is 1. The van der Waals surface area contributed by atoms with E-state index in [-0.39, 0.29) is 0 Å². The lowest BCUT2D eigenvalue weighted by Crippen LogP contribution is -2.43. The molecule has 1 aliphatic heterocycles. The van der Waals surface area contributed by atoms with Crippen LogP contribution in [0.1, 0.15) is 29.4 Å². The normalized spacial score (nSPS) is 16.0. The average molecular weight is 433 g/mol. The predicted octanol–water partition coefficient (Wildman–Crippen LogP) is 3.49. The van der Waals surface area contributed by atoms with Gasteiger partial charge < -0.3 is 9.72 Å². The molecular weight excluding hydrogens is 413 g/mol. The van der Waals surface area contributed by atoms with Crippen molar-refractivity contribution in [2.24, 2.45) is 0 Å². The van der Waals surface area contributed by atoms with Gasteiger partial charge in [-0.1, -0.05) is 48.5 Å². The molecule has 0 spiro atoms. The first kappa shape index (κ1) is 20.1. The van der Waals surface area contributed by atoms with Crippen LogP contribution in [0, 0.1) is 5.82 Å². The van der Waals surface area contributed by atoms with Crippen molar-refractivity contribution < 1.29 is 13.9 Å². The molecule has 0 saturated carbocycles. The zero-order chi connectivity index (χ0) is 22.2. The number of carbonyl (C=O) groups is 1. The Kier molecular flexibility index (Phi) is 5.07. The third-order valence-corrected chi connectivity index (χ3v) is 5.72. The van der Waals surface area contributed by atoms with Crippen LogP contribution in [0.4, 0.5) is 4.39 Å². The largest absolute Gasteiger partial charge is 0.358 e. The summed E-state index contributed by atoms with van der Waals surface area (Å²) in [5, 5.41) is 0.667. The Morgan fingerprint density at radius 1 is 1.09 bits per heavy atom. The molecule has 1 fully saturated rings. The third kappa shape index (κ3) is 3.38. The van der Waals surface area contributed by atoms with Crippen LogP contribution in [0.3, 0.4) is 0 Å². The molecule has 1 N–H and O–H groups in total. The van der Waals surface area contributed by atoms with E-state index in [1.54, 1.807) is 12.1 Å². The summed E-state index contributed by atoms with van der Waals surface area (Å²) < 4.78 is 21.6. The first-order valence-corrected chi connectivity index (χ1v) is 10.4.